The molecule has 0 spiro atoms. The molecule has 3 heterocycles. The number of H-pyrrole nitrogens is 1. The molecular weight excluding hydrogens is 364 g/mol. The third-order valence-corrected chi connectivity index (χ3v) is 6.48. The van der Waals surface area contributed by atoms with Gasteiger partial charge in [-0.1, -0.05) is 0 Å². The van der Waals surface area contributed by atoms with E-state index in [2.05, 4.69) is 32.0 Å². The molecule has 0 atom stereocenters. The number of nitriles is 1. The number of fused-ring (bicyclic) bond motifs is 3. The predicted molar refractivity (Wildman–Crippen MR) is 110 cm³/mol. The highest BCUT2D eigenvalue weighted by molar-refractivity contribution is 6.01. The lowest BCUT2D eigenvalue weighted by Gasteiger charge is -2.30. The third kappa shape index (κ3) is 3.59. The molecule has 2 N–H and O–H groups in total. The van der Waals surface area contributed by atoms with Crippen molar-refractivity contribution in [3.63, 3.8) is 0 Å². The number of nitrogens with zero attached hydrogens (tertiary/aromatic N) is 4. The number of aromatic amines is 1. The van der Waals surface area contributed by atoms with Crippen LogP contribution < -0.4 is 5.32 Å². The van der Waals surface area contributed by atoms with Gasteiger partial charge in [0.2, 0.25) is 5.91 Å². The van der Waals surface area contributed by atoms with Crippen LogP contribution in [0.3, 0.4) is 0 Å². The molecule has 0 radical (unpaired) electrons. The molecule has 3 aromatic heterocycles. The van der Waals surface area contributed by atoms with Gasteiger partial charge in [-0.2, -0.15) is 5.26 Å². The van der Waals surface area contributed by atoms with E-state index in [-0.39, 0.29) is 5.91 Å². The molecule has 29 heavy (non-hydrogen) atoms. The van der Waals surface area contributed by atoms with Crippen LogP contribution in [0, 0.1) is 23.2 Å². The molecule has 7 nitrogen and oxygen atoms in total. The molecule has 150 valence electrons. The highest BCUT2D eigenvalue weighted by atomic mass is 16.1. The van der Waals surface area contributed by atoms with Crippen molar-refractivity contribution in [3.05, 3.63) is 24.3 Å². The maximum atomic E-state index is 12.3. The van der Waals surface area contributed by atoms with Crippen LogP contribution in [0.5, 0.6) is 0 Å². The zero-order valence-corrected chi connectivity index (χ0v) is 16.5. The van der Waals surface area contributed by atoms with Crippen molar-refractivity contribution in [1.82, 2.24) is 24.8 Å². The van der Waals surface area contributed by atoms with Crippen molar-refractivity contribution in [3.8, 4) is 6.07 Å². The van der Waals surface area contributed by atoms with Gasteiger partial charge in [-0.15, -0.1) is 0 Å². The number of aromatic nitrogens is 4. The fourth-order valence-electron chi connectivity index (χ4n) is 4.73. The molecule has 0 bridgehead atoms. The number of rotatable bonds is 6. The van der Waals surface area contributed by atoms with Gasteiger partial charge in [0.05, 0.1) is 24.3 Å². The molecule has 7 heteroatoms. The monoisotopic (exact) mass is 390 g/mol. The third-order valence-electron chi connectivity index (χ3n) is 6.48. The molecule has 2 aliphatic carbocycles. The van der Waals surface area contributed by atoms with Gasteiger partial charge < -0.3 is 14.9 Å². The van der Waals surface area contributed by atoms with Crippen LogP contribution in [-0.4, -0.2) is 25.4 Å². The Hall–Kier alpha value is -2.88. The topological polar surface area (TPSA) is 99.4 Å². The van der Waals surface area contributed by atoms with E-state index in [1.54, 1.807) is 0 Å². The smallest absolute Gasteiger partial charge is 0.220 e. The summed E-state index contributed by atoms with van der Waals surface area (Å²) in [6.45, 7) is 0.449. The van der Waals surface area contributed by atoms with Gasteiger partial charge in [-0.3, -0.25) is 4.79 Å². The van der Waals surface area contributed by atoms with Crippen molar-refractivity contribution in [2.75, 3.05) is 0 Å². The average molecular weight is 390 g/mol. The first-order chi connectivity index (χ1) is 14.2. The Labute approximate surface area is 169 Å². The van der Waals surface area contributed by atoms with Crippen LogP contribution in [-0.2, 0) is 11.3 Å². The highest BCUT2D eigenvalue weighted by Crippen LogP contribution is 2.38. The lowest BCUT2D eigenvalue weighted by molar-refractivity contribution is -0.121. The fraction of sp³-hybridized carbons (Fsp3) is 0.545. The summed E-state index contributed by atoms with van der Waals surface area (Å²) >= 11 is 0. The Bertz CT molecular complexity index is 1080. The van der Waals surface area contributed by atoms with Gasteiger partial charge in [-0.05, 0) is 56.4 Å². The predicted octanol–water partition coefficient (Wildman–Crippen LogP) is 3.97. The van der Waals surface area contributed by atoms with Gasteiger partial charge in [0.15, 0.2) is 0 Å². The fourth-order valence-corrected chi connectivity index (χ4v) is 4.73. The van der Waals surface area contributed by atoms with Crippen LogP contribution in [0.2, 0.25) is 0 Å². The first-order valence-electron chi connectivity index (χ1n) is 10.7. The van der Waals surface area contributed by atoms with Crippen LogP contribution in [0.4, 0.5) is 0 Å². The van der Waals surface area contributed by atoms with Crippen LogP contribution in [0.25, 0.3) is 22.1 Å². The van der Waals surface area contributed by atoms with Crippen LogP contribution >= 0.6 is 0 Å². The van der Waals surface area contributed by atoms with E-state index in [0.717, 1.165) is 53.6 Å². The van der Waals surface area contributed by atoms with Gasteiger partial charge in [-0.25, -0.2) is 9.97 Å². The van der Waals surface area contributed by atoms with E-state index < -0.39 is 0 Å². The minimum atomic E-state index is 0.119. The standard InChI is InChI=1S/C22H26N6O/c23-9-7-14-3-5-16(6-4-14)28-19(13-25-20(29)11-15-1-2-15)27-18-12-26-22-17(21(18)28)8-10-24-22/h8,10,12,14-16H,1-7,11,13H2,(H,24,26)(H,25,29)/t14-,16+. The van der Waals surface area contributed by atoms with E-state index in [9.17, 15) is 4.79 Å². The molecule has 0 unspecified atom stereocenters. The van der Waals surface area contributed by atoms with Crippen molar-refractivity contribution < 1.29 is 4.79 Å². The van der Waals surface area contributed by atoms with Gasteiger partial charge in [0.1, 0.15) is 17.0 Å². The quantitative estimate of drug-likeness (QED) is 0.665. The zero-order valence-electron chi connectivity index (χ0n) is 16.5. The van der Waals surface area contributed by atoms with Crippen molar-refractivity contribution in [2.24, 2.45) is 11.8 Å². The molecule has 2 fully saturated rings. The van der Waals surface area contributed by atoms with E-state index in [1.807, 2.05) is 12.4 Å². The van der Waals surface area contributed by atoms with Gasteiger partial charge in [0, 0.05) is 30.5 Å². The summed E-state index contributed by atoms with van der Waals surface area (Å²) in [4.78, 5) is 24.8. The molecule has 1 amide bonds. The normalized spacial score (nSPS) is 22.0. The summed E-state index contributed by atoms with van der Waals surface area (Å²) in [6.07, 6.45) is 11.6. The lowest BCUT2D eigenvalue weighted by Crippen LogP contribution is -2.27. The number of pyridine rings is 1. The molecule has 2 saturated carbocycles. The number of carbonyl (C=O) groups excluding carboxylic acids is 1. The zero-order chi connectivity index (χ0) is 19.8. The second kappa shape index (κ2) is 7.51. The van der Waals surface area contributed by atoms with Crippen molar-refractivity contribution in [1.29, 1.82) is 5.26 Å². The maximum absolute atomic E-state index is 12.3. The Balaban J connectivity index is 1.47. The lowest BCUT2D eigenvalue weighted by atomic mass is 9.84. The Morgan fingerprint density at radius 2 is 2.03 bits per heavy atom. The van der Waals surface area contributed by atoms with E-state index >= 15 is 0 Å². The Morgan fingerprint density at radius 1 is 1.24 bits per heavy atom. The summed E-state index contributed by atoms with van der Waals surface area (Å²) in [7, 11) is 0. The Morgan fingerprint density at radius 3 is 2.79 bits per heavy atom. The number of imidazole rings is 1. The number of hydrogen-bond acceptors (Lipinski definition) is 4. The summed E-state index contributed by atoms with van der Waals surface area (Å²) in [6, 6.07) is 4.72. The molecule has 2 aliphatic rings. The number of nitrogens with one attached hydrogen (secondary N) is 2. The summed E-state index contributed by atoms with van der Waals surface area (Å²) in [5.74, 6) is 2.10. The molecule has 0 saturated heterocycles. The minimum absolute atomic E-state index is 0.119. The average Bonchev–Trinajstić information content (AvgIpc) is 3.27. The minimum Gasteiger partial charge on any atom is -0.349 e. The summed E-state index contributed by atoms with van der Waals surface area (Å²) < 4.78 is 2.34. The summed E-state index contributed by atoms with van der Waals surface area (Å²) in [5, 5.41) is 13.2. The molecule has 5 rings (SSSR count). The van der Waals surface area contributed by atoms with Crippen molar-refractivity contribution >= 4 is 28.0 Å². The van der Waals surface area contributed by atoms with Gasteiger partial charge >= 0.3 is 0 Å². The number of hydrogen-bond donors (Lipinski definition) is 2. The van der Waals surface area contributed by atoms with Gasteiger partial charge in [0.25, 0.3) is 0 Å². The molecular formula is C22H26N6O. The SMILES string of the molecule is N#CC[C@H]1CC[C@@H](n2c(CNC(=O)CC3CC3)nc3cnc4[nH]ccc4c32)CC1. The second-order valence-electron chi connectivity index (χ2n) is 8.59. The summed E-state index contributed by atoms with van der Waals surface area (Å²) in [5.41, 5.74) is 2.84. The molecule has 3 aromatic rings. The van der Waals surface area contributed by atoms with E-state index in [4.69, 9.17) is 10.2 Å². The van der Waals surface area contributed by atoms with Crippen molar-refractivity contribution in [2.45, 2.75) is 64.0 Å². The van der Waals surface area contributed by atoms with Crippen LogP contribution in [0.15, 0.2) is 18.5 Å². The largest absolute Gasteiger partial charge is 0.349 e. The first-order valence-corrected chi connectivity index (χ1v) is 10.7. The Kier molecular flexibility index (Phi) is 4.70. The number of amides is 1. The number of carbonyl (C=O) groups is 1. The highest BCUT2D eigenvalue weighted by Gasteiger charge is 2.28. The van der Waals surface area contributed by atoms with Crippen LogP contribution in [0.1, 0.15) is 63.2 Å². The second-order valence-corrected chi connectivity index (χ2v) is 8.59. The first kappa shape index (κ1) is 18.2. The van der Waals surface area contributed by atoms with E-state index in [1.165, 1.54) is 12.8 Å². The van der Waals surface area contributed by atoms with E-state index in [0.29, 0.717) is 37.3 Å². The maximum Gasteiger partial charge on any atom is 0.220 e. The molecule has 0 aromatic carbocycles. The molecule has 0 aliphatic heterocycles.